The number of esters is 1. The van der Waals surface area contributed by atoms with Crippen molar-refractivity contribution >= 4 is 11.9 Å². The van der Waals surface area contributed by atoms with Crippen molar-refractivity contribution in [2.45, 2.75) is 19.6 Å². The number of amides is 1. The zero-order chi connectivity index (χ0) is 17.5. The van der Waals surface area contributed by atoms with Crippen molar-refractivity contribution in [2.75, 3.05) is 7.05 Å². The van der Waals surface area contributed by atoms with Crippen LogP contribution in [0.2, 0.25) is 0 Å². The second-order valence-corrected chi connectivity index (χ2v) is 5.42. The third-order valence-electron chi connectivity index (χ3n) is 3.52. The van der Waals surface area contributed by atoms with Gasteiger partial charge in [-0.2, -0.15) is 5.26 Å². The van der Waals surface area contributed by atoms with Gasteiger partial charge in [-0.3, -0.25) is 4.79 Å². The van der Waals surface area contributed by atoms with E-state index in [1.165, 1.54) is 29.2 Å². The fraction of sp³-hybridized carbons (Fsp3) is 0.211. The number of carbonyl (C=O) groups excluding carboxylic acids is 2. The molecular weight excluding hydrogens is 304 g/mol. The summed E-state index contributed by atoms with van der Waals surface area (Å²) in [6.07, 6.45) is -0.887. The largest absolute Gasteiger partial charge is 0.449 e. The predicted molar refractivity (Wildman–Crippen MR) is 89.0 cm³/mol. The number of carbonyl (C=O) groups is 2. The lowest BCUT2D eigenvalue weighted by molar-refractivity contribution is -0.139. The van der Waals surface area contributed by atoms with E-state index in [4.69, 9.17) is 10.00 Å². The minimum Gasteiger partial charge on any atom is -0.449 e. The van der Waals surface area contributed by atoms with Gasteiger partial charge in [-0.15, -0.1) is 0 Å². The molecule has 5 heteroatoms. The van der Waals surface area contributed by atoms with Crippen LogP contribution in [0.3, 0.4) is 0 Å². The van der Waals surface area contributed by atoms with Gasteiger partial charge in [0.15, 0.2) is 6.10 Å². The lowest BCUT2D eigenvalue weighted by atomic mass is 10.1. The van der Waals surface area contributed by atoms with Crippen LogP contribution in [0, 0.1) is 11.3 Å². The van der Waals surface area contributed by atoms with E-state index in [2.05, 4.69) is 0 Å². The van der Waals surface area contributed by atoms with Gasteiger partial charge in [0.05, 0.1) is 17.2 Å². The Morgan fingerprint density at radius 2 is 1.75 bits per heavy atom. The fourth-order valence-electron chi connectivity index (χ4n) is 2.21. The Hall–Kier alpha value is -3.13. The summed E-state index contributed by atoms with van der Waals surface area (Å²) in [5.41, 5.74) is 1.76. The van der Waals surface area contributed by atoms with E-state index in [1.807, 2.05) is 36.4 Å². The highest BCUT2D eigenvalue weighted by molar-refractivity contribution is 5.92. The van der Waals surface area contributed by atoms with Crippen molar-refractivity contribution in [3.05, 3.63) is 71.3 Å². The first-order valence-corrected chi connectivity index (χ1v) is 7.51. The van der Waals surface area contributed by atoms with E-state index < -0.39 is 12.1 Å². The molecule has 0 N–H and O–H groups in total. The molecule has 122 valence electrons. The lowest BCUT2D eigenvalue weighted by Crippen LogP contribution is -2.37. The van der Waals surface area contributed by atoms with Gasteiger partial charge in [-0.25, -0.2) is 4.79 Å². The molecule has 24 heavy (non-hydrogen) atoms. The SMILES string of the molecule is C[C@@H](OC(=O)c1ccc(C#N)cc1)C(=O)N(C)Cc1ccccc1. The molecule has 2 aromatic rings. The van der Waals surface area contributed by atoms with Gasteiger partial charge in [0.25, 0.3) is 5.91 Å². The maximum Gasteiger partial charge on any atom is 0.338 e. The van der Waals surface area contributed by atoms with Gasteiger partial charge in [0, 0.05) is 13.6 Å². The molecule has 1 amide bonds. The van der Waals surface area contributed by atoms with E-state index >= 15 is 0 Å². The molecule has 0 bridgehead atoms. The first kappa shape index (κ1) is 17.2. The summed E-state index contributed by atoms with van der Waals surface area (Å²) >= 11 is 0. The normalized spacial score (nSPS) is 11.2. The molecule has 5 nitrogen and oxygen atoms in total. The highest BCUT2D eigenvalue weighted by Gasteiger charge is 2.22. The van der Waals surface area contributed by atoms with Gasteiger partial charge >= 0.3 is 5.97 Å². The molecule has 0 aliphatic heterocycles. The Morgan fingerprint density at radius 3 is 2.33 bits per heavy atom. The number of ether oxygens (including phenoxy) is 1. The summed E-state index contributed by atoms with van der Waals surface area (Å²) in [6.45, 7) is 1.99. The van der Waals surface area contributed by atoms with E-state index in [-0.39, 0.29) is 5.91 Å². The minimum atomic E-state index is -0.887. The Bertz CT molecular complexity index is 748. The minimum absolute atomic E-state index is 0.277. The topological polar surface area (TPSA) is 70.4 Å². The molecule has 0 heterocycles. The standard InChI is InChI=1S/C19H18N2O3/c1-14(18(22)21(2)13-16-6-4-3-5-7-16)24-19(23)17-10-8-15(12-20)9-11-17/h3-11,14H,13H2,1-2H3/t14-/m1/s1. The van der Waals surface area contributed by atoms with Crippen molar-refractivity contribution < 1.29 is 14.3 Å². The van der Waals surface area contributed by atoms with Gasteiger partial charge in [0.1, 0.15) is 0 Å². The molecule has 0 unspecified atom stereocenters. The molecule has 0 saturated carbocycles. The highest BCUT2D eigenvalue weighted by atomic mass is 16.5. The van der Waals surface area contributed by atoms with Gasteiger partial charge in [0.2, 0.25) is 0 Å². The van der Waals surface area contributed by atoms with Crippen LogP contribution in [0.5, 0.6) is 0 Å². The summed E-state index contributed by atoms with van der Waals surface area (Å²) in [7, 11) is 1.67. The molecule has 0 fully saturated rings. The van der Waals surface area contributed by atoms with Crippen molar-refractivity contribution in [3.63, 3.8) is 0 Å². The number of rotatable bonds is 5. The number of nitriles is 1. The van der Waals surface area contributed by atoms with Crippen molar-refractivity contribution in [2.24, 2.45) is 0 Å². The van der Waals surface area contributed by atoms with Crippen molar-refractivity contribution in [1.29, 1.82) is 5.26 Å². The zero-order valence-corrected chi connectivity index (χ0v) is 13.6. The lowest BCUT2D eigenvalue weighted by Gasteiger charge is -2.21. The van der Waals surface area contributed by atoms with Crippen LogP contribution >= 0.6 is 0 Å². The Balaban J connectivity index is 1.94. The highest BCUT2D eigenvalue weighted by Crippen LogP contribution is 2.09. The van der Waals surface area contributed by atoms with Crippen LogP contribution in [0.15, 0.2) is 54.6 Å². The maximum absolute atomic E-state index is 12.3. The monoisotopic (exact) mass is 322 g/mol. The molecule has 2 rings (SSSR count). The average molecular weight is 322 g/mol. The quantitative estimate of drug-likeness (QED) is 0.794. The summed E-state index contributed by atoms with van der Waals surface area (Å²) < 4.78 is 5.22. The number of hydrogen-bond acceptors (Lipinski definition) is 4. The van der Waals surface area contributed by atoms with Gasteiger partial charge in [-0.05, 0) is 36.8 Å². The van der Waals surface area contributed by atoms with Crippen molar-refractivity contribution in [1.82, 2.24) is 4.90 Å². The van der Waals surface area contributed by atoms with E-state index in [0.717, 1.165) is 5.56 Å². The van der Waals surface area contributed by atoms with E-state index in [1.54, 1.807) is 14.0 Å². The van der Waals surface area contributed by atoms with Crippen LogP contribution in [0.25, 0.3) is 0 Å². The van der Waals surface area contributed by atoms with E-state index in [9.17, 15) is 9.59 Å². The van der Waals surface area contributed by atoms with Crippen LogP contribution in [-0.2, 0) is 16.1 Å². The van der Waals surface area contributed by atoms with E-state index in [0.29, 0.717) is 17.7 Å². The van der Waals surface area contributed by atoms with Crippen LogP contribution < -0.4 is 0 Å². The molecule has 0 radical (unpaired) electrons. The van der Waals surface area contributed by atoms with Crippen LogP contribution in [0.4, 0.5) is 0 Å². The molecule has 0 aromatic heterocycles. The Kier molecular flexibility index (Phi) is 5.69. The van der Waals surface area contributed by atoms with Gasteiger partial charge in [-0.1, -0.05) is 30.3 Å². The molecular formula is C19H18N2O3. The number of likely N-dealkylation sites (N-methyl/N-ethyl adjacent to an activating group) is 1. The van der Waals surface area contributed by atoms with Crippen LogP contribution in [0.1, 0.15) is 28.4 Å². The fourth-order valence-corrected chi connectivity index (χ4v) is 2.21. The Morgan fingerprint density at radius 1 is 1.12 bits per heavy atom. The molecule has 0 aliphatic carbocycles. The molecule has 1 atom stereocenters. The third kappa shape index (κ3) is 4.43. The molecule has 0 aliphatic rings. The third-order valence-corrected chi connectivity index (χ3v) is 3.52. The summed E-state index contributed by atoms with van der Waals surface area (Å²) in [6, 6.07) is 17.6. The second kappa shape index (κ2) is 7.93. The summed E-state index contributed by atoms with van der Waals surface area (Å²) in [5, 5.41) is 8.75. The number of nitrogens with zero attached hydrogens (tertiary/aromatic N) is 2. The second-order valence-electron chi connectivity index (χ2n) is 5.42. The smallest absolute Gasteiger partial charge is 0.338 e. The average Bonchev–Trinajstić information content (AvgIpc) is 2.61. The number of hydrogen-bond donors (Lipinski definition) is 0. The molecule has 0 saturated heterocycles. The maximum atomic E-state index is 12.3. The molecule has 0 spiro atoms. The summed E-state index contributed by atoms with van der Waals surface area (Å²) in [5.74, 6) is -0.866. The zero-order valence-electron chi connectivity index (χ0n) is 13.6. The van der Waals surface area contributed by atoms with Gasteiger partial charge < -0.3 is 9.64 Å². The van der Waals surface area contributed by atoms with Crippen molar-refractivity contribution in [3.8, 4) is 6.07 Å². The predicted octanol–water partition coefficient (Wildman–Crippen LogP) is 2.76. The Labute approximate surface area is 141 Å². The first-order chi connectivity index (χ1) is 11.5. The summed E-state index contributed by atoms with van der Waals surface area (Å²) in [4.78, 5) is 25.9. The number of benzene rings is 2. The van der Waals surface area contributed by atoms with Crippen LogP contribution in [-0.4, -0.2) is 29.9 Å². The molecule has 2 aromatic carbocycles. The first-order valence-electron chi connectivity index (χ1n) is 7.51.